The molecule has 1 N–H and O–H groups in total. The van der Waals surface area contributed by atoms with Crippen molar-refractivity contribution in [1.29, 1.82) is 0 Å². The van der Waals surface area contributed by atoms with Gasteiger partial charge in [0.05, 0.1) is 0 Å². The lowest BCUT2D eigenvalue weighted by Crippen LogP contribution is -2.33. The molecule has 118 valence electrons. The molecule has 0 saturated carbocycles. The first-order chi connectivity index (χ1) is 10.2. The Morgan fingerprint density at radius 1 is 1.19 bits per heavy atom. The van der Waals surface area contributed by atoms with Gasteiger partial charge in [0.2, 0.25) is 0 Å². The van der Waals surface area contributed by atoms with Crippen molar-refractivity contribution in [3.8, 4) is 0 Å². The summed E-state index contributed by atoms with van der Waals surface area (Å²) in [5.41, 5.74) is 1.46. The van der Waals surface area contributed by atoms with Gasteiger partial charge in [0.1, 0.15) is 0 Å². The van der Waals surface area contributed by atoms with E-state index in [9.17, 15) is 0 Å². The quantitative estimate of drug-likeness (QED) is 0.697. The highest BCUT2D eigenvalue weighted by molar-refractivity contribution is 5.14. The molecule has 1 saturated heterocycles. The minimum absolute atomic E-state index is 0.722. The van der Waals surface area contributed by atoms with Gasteiger partial charge in [-0.2, -0.15) is 0 Å². The molecule has 21 heavy (non-hydrogen) atoms. The Bertz CT molecular complexity index is 374. The first-order valence-electron chi connectivity index (χ1n) is 8.73. The van der Waals surface area contributed by atoms with Gasteiger partial charge in [-0.1, -0.05) is 57.0 Å². The van der Waals surface area contributed by atoms with E-state index < -0.39 is 0 Å². The number of hydrogen-bond acceptors (Lipinski definition) is 2. The van der Waals surface area contributed by atoms with Crippen LogP contribution in [0.15, 0.2) is 30.3 Å². The van der Waals surface area contributed by atoms with Crippen molar-refractivity contribution in [3.05, 3.63) is 35.9 Å². The van der Waals surface area contributed by atoms with Gasteiger partial charge in [-0.25, -0.2) is 0 Å². The summed E-state index contributed by atoms with van der Waals surface area (Å²) in [7, 11) is 0. The summed E-state index contributed by atoms with van der Waals surface area (Å²) in [6, 6.07) is 11.6. The Morgan fingerprint density at radius 3 is 2.76 bits per heavy atom. The molecule has 1 aromatic carbocycles. The molecule has 2 rings (SSSR count). The minimum atomic E-state index is 0.722. The molecule has 0 aromatic heterocycles. The average molecular weight is 288 g/mol. The van der Waals surface area contributed by atoms with Gasteiger partial charge in [-0.3, -0.25) is 0 Å². The van der Waals surface area contributed by atoms with E-state index in [2.05, 4.69) is 54.4 Å². The van der Waals surface area contributed by atoms with Gasteiger partial charge in [0, 0.05) is 19.1 Å². The van der Waals surface area contributed by atoms with Crippen LogP contribution >= 0.6 is 0 Å². The highest BCUT2D eigenvalue weighted by atomic mass is 15.2. The lowest BCUT2D eigenvalue weighted by molar-refractivity contribution is 0.331. The molecule has 0 bridgehead atoms. The van der Waals surface area contributed by atoms with Crippen molar-refractivity contribution in [1.82, 2.24) is 10.2 Å². The van der Waals surface area contributed by atoms with Gasteiger partial charge in [-0.05, 0) is 43.8 Å². The second-order valence-electron chi connectivity index (χ2n) is 6.87. The van der Waals surface area contributed by atoms with E-state index in [1.54, 1.807) is 0 Å². The highest BCUT2D eigenvalue weighted by Crippen LogP contribution is 2.11. The number of nitrogens with one attached hydrogen (secondary N) is 1. The normalized spacial score (nSPS) is 19.5. The van der Waals surface area contributed by atoms with Crippen LogP contribution in [-0.2, 0) is 6.42 Å². The summed E-state index contributed by atoms with van der Waals surface area (Å²) in [5.74, 6) is 0.852. The predicted molar refractivity (Wildman–Crippen MR) is 91.7 cm³/mol. The van der Waals surface area contributed by atoms with E-state index in [4.69, 9.17) is 0 Å². The van der Waals surface area contributed by atoms with Crippen LogP contribution in [0.2, 0.25) is 0 Å². The molecular formula is C19H32N2. The van der Waals surface area contributed by atoms with Crippen LogP contribution in [0.25, 0.3) is 0 Å². The standard InChI is InChI=1S/C19H32N2/c1-17(2)8-6-7-13-20-19-12-15-21(16-19)14-11-18-9-4-3-5-10-18/h3-5,9-10,17,19-20H,6-8,11-16H2,1-2H3. The molecule has 2 nitrogen and oxygen atoms in total. The lowest BCUT2D eigenvalue weighted by Gasteiger charge is -2.16. The van der Waals surface area contributed by atoms with Crippen LogP contribution in [0.5, 0.6) is 0 Å². The van der Waals surface area contributed by atoms with Crippen LogP contribution in [0.1, 0.15) is 45.1 Å². The Balaban J connectivity index is 1.54. The Labute approximate surface area is 130 Å². The van der Waals surface area contributed by atoms with Gasteiger partial charge in [0.15, 0.2) is 0 Å². The summed E-state index contributed by atoms with van der Waals surface area (Å²) in [6.45, 7) is 9.52. The van der Waals surface area contributed by atoms with Crippen molar-refractivity contribution in [3.63, 3.8) is 0 Å². The number of nitrogens with zero attached hydrogens (tertiary/aromatic N) is 1. The molecular weight excluding hydrogens is 256 g/mol. The van der Waals surface area contributed by atoms with E-state index in [1.807, 2.05) is 0 Å². The molecule has 1 fully saturated rings. The third-order valence-electron chi connectivity index (χ3n) is 4.47. The zero-order chi connectivity index (χ0) is 14.9. The number of benzene rings is 1. The fraction of sp³-hybridized carbons (Fsp3) is 0.684. The van der Waals surface area contributed by atoms with Crippen molar-refractivity contribution >= 4 is 0 Å². The Hall–Kier alpha value is -0.860. The molecule has 1 aliphatic heterocycles. The fourth-order valence-electron chi connectivity index (χ4n) is 3.12. The SMILES string of the molecule is CC(C)CCCCNC1CCN(CCc2ccccc2)C1. The molecule has 0 radical (unpaired) electrons. The summed E-state index contributed by atoms with van der Waals surface area (Å²) >= 11 is 0. The first kappa shape index (κ1) is 16.5. The van der Waals surface area contributed by atoms with Crippen molar-refractivity contribution in [2.45, 2.75) is 52.0 Å². The summed E-state index contributed by atoms with van der Waals surface area (Å²) < 4.78 is 0. The molecule has 1 atom stereocenters. The maximum atomic E-state index is 3.74. The van der Waals surface area contributed by atoms with Crippen LogP contribution in [0, 0.1) is 5.92 Å². The van der Waals surface area contributed by atoms with Gasteiger partial charge < -0.3 is 10.2 Å². The predicted octanol–water partition coefficient (Wildman–Crippen LogP) is 3.72. The maximum Gasteiger partial charge on any atom is 0.0207 e. The number of rotatable bonds is 9. The van der Waals surface area contributed by atoms with Crippen molar-refractivity contribution in [2.75, 3.05) is 26.2 Å². The highest BCUT2D eigenvalue weighted by Gasteiger charge is 2.21. The summed E-state index contributed by atoms with van der Waals surface area (Å²) in [6.07, 6.45) is 6.57. The lowest BCUT2D eigenvalue weighted by atomic mass is 10.1. The van der Waals surface area contributed by atoms with Crippen LogP contribution < -0.4 is 5.32 Å². The fourth-order valence-corrected chi connectivity index (χ4v) is 3.12. The molecule has 1 aliphatic rings. The van der Waals surface area contributed by atoms with Crippen LogP contribution in [0.4, 0.5) is 0 Å². The van der Waals surface area contributed by atoms with Gasteiger partial charge in [0.25, 0.3) is 0 Å². The molecule has 0 spiro atoms. The smallest absolute Gasteiger partial charge is 0.0207 e. The topological polar surface area (TPSA) is 15.3 Å². The maximum absolute atomic E-state index is 3.74. The zero-order valence-electron chi connectivity index (χ0n) is 13.9. The molecule has 2 heteroatoms. The largest absolute Gasteiger partial charge is 0.313 e. The molecule has 0 amide bonds. The molecule has 1 heterocycles. The first-order valence-corrected chi connectivity index (χ1v) is 8.73. The minimum Gasteiger partial charge on any atom is -0.313 e. The molecule has 1 unspecified atom stereocenters. The van der Waals surface area contributed by atoms with E-state index in [-0.39, 0.29) is 0 Å². The van der Waals surface area contributed by atoms with E-state index in [0.717, 1.165) is 12.0 Å². The zero-order valence-corrected chi connectivity index (χ0v) is 13.9. The van der Waals surface area contributed by atoms with E-state index in [0.29, 0.717) is 0 Å². The van der Waals surface area contributed by atoms with Crippen LogP contribution in [-0.4, -0.2) is 37.1 Å². The van der Waals surface area contributed by atoms with E-state index >= 15 is 0 Å². The third kappa shape index (κ3) is 6.62. The number of hydrogen-bond donors (Lipinski definition) is 1. The Morgan fingerprint density at radius 2 is 2.00 bits per heavy atom. The second kappa shape index (κ2) is 9.22. The molecule has 1 aromatic rings. The number of unbranched alkanes of at least 4 members (excludes halogenated alkanes) is 1. The monoisotopic (exact) mass is 288 g/mol. The van der Waals surface area contributed by atoms with Crippen molar-refractivity contribution < 1.29 is 0 Å². The summed E-state index contributed by atoms with van der Waals surface area (Å²) in [4.78, 5) is 2.61. The summed E-state index contributed by atoms with van der Waals surface area (Å²) in [5, 5.41) is 3.74. The number of likely N-dealkylation sites (tertiary alicyclic amines) is 1. The van der Waals surface area contributed by atoms with Crippen molar-refractivity contribution in [2.24, 2.45) is 5.92 Å². The Kier molecular flexibility index (Phi) is 7.25. The van der Waals surface area contributed by atoms with Gasteiger partial charge in [-0.15, -0.1) is 0 Å². The van der Waals surface area contributed by atoms with E-state index in [1.165, 1.54) is 63.8 Å². The second-order valence-corrected chi connectivity index (χ2v) is 6.87. The average Bonchev–Trinajstić information content (AvgIpc) is 2.93. The van der Waals surface area contributed by atoms with Crippen LogP contribution in [0.3, 0.4) is 0 Å². The third-order valence-corrected chi connectivity index (χ3v) is 4.47. The van der Waals surface area contributed by atoms with Gasteiger partial charge >= 0.3 is 0 Å². The molecule has 0 aliphatic carbocycles.